The van der Waals surface area contributed by atoms with Crippen LogP contribution in [0.2, 0.25) is 0 Å². The molecular weight excluding hydrogens is 258 g/mol. The fraction of sp³-hybridized carbons (Fsp3) is 0.286. The number of hydrogen-bond acceptors (Lipinski definition) is 3. The van der Waals surface area contributed by atoms with E-state index in [4.69, 9.17) is 0 Å². The quantitative estimate of drug-likeness (QED) is 0.851. The summed E-state index contributed by atoms with van der Waals surface area (Å²) < 4.78 is 1.81. The summed E-state index contributed by atoms with van der Waals surface area (Å²) in [7, 11) is 0. The largest absolute Gasteiger partial charge is 0.307 e. The van der Waals surface area contributed by atoms with Gasteiger partial charge in [-0.2, -0.15) is 5.10 Å². The van der Waals surface area contributed by atoms with Crippen LogP contribution in [0.3, 0.4) is 0 Å². The summed E-state index contributed by atoms with van der Waals surface area (Å²) in [6.45, 7) is 5.02. The van der Waals surface area contributed by atoms with Crippen LogP contribution in [0.15, 0.2) is 35.9 Å². The Morgan fingerprint density at radius 3 is 3.05 bits per heavy atom. The number of hydrogen-bond donors (Lipinski definition) is 1. The Kier molecular flexibility index (Phi) is 4.52. The lowest BCUT2D eigenvalue weighted by Crippen LogP contribution is -2.15. The van der Waals surface area contributed by atoms with Crippen molar-refractivity contribution in [2.24, 2.45) is 5.92 Å². The highest BCUT2D eigenvalue weighted by Crippen LogP contribution is 2.12. The molecule has 0 bridgehead atoms. The Labute approximate surface area is 116 Å². The van der Waals surface area contributed by atoms with Gasteiger partial charge in [-0.3, -0.25) is 4.79 Å². The molecule has 2 heterocycles. The highest BCUT2D eigenvalue weighted by atomic mass is 32.1. The minimum absolute atomic E-state index is 0.140. The Morgan fingerprint density at radius 2 is 2.37 bits per heavy atom. The zero-order valence-electron chi connectivity index (χ0n) is 11.0. The lowest BCUT2D eigenvalue weighted by molar-refractivity contribution is -0.111. The molecule has 19 heavy (non-hydrogen) atoms. The van der Waals surface area contributed by atoms with Crippen LogP contribution in [0.1, 0.15) is 18.7 Å². The van der Waals surface area contributed by atoms with Crippen LogP contribution >= 0.6 is 11.3 Å². The molecule has 0 aliphatic rings. The first-order chi connectivity index (χ1) is 9.15. The van der Waals surface area contributed by atoms with E-state index in [2.05, 4.69) is 24.3 Å². The first-order valence-electron chi connectivity index (χ1n) is 6.19. The van der Waals surface area contributed by atoms with Gasteiger partial charge in [0.05, 0.1) is 6.20 Å². The van der Waals surface area contributed by atoms with Crippen molar-refractivity contribution < 1.29 is 4.79 Å². The molecule has 0 aromatic carbocycles. The fourth-order valence-corrected chi connectivity index (χ4v) is 2.26. The highest BCUT2D eigenvalue weighted by molar-refractivity contribution is 7.10. The number of amides is 1. The van der Waals surface area contributed by atoms with Crippen LogP contribution < -0.4 is 5.32 Å². The van der Waals surface area contributed by atoms with Crippen LogP contribution in [0, 0.1) is 5.92 Å². The Morgan fingerprint density at radius 1 is 1.53 bits per heavy atom. The molecule has 0 aliphatic heterocycles. The van der Waals surface area contributed by atoms with Gasteiger partial charge in [-0.1, -0.05) is 19.9 Å². The summed E-state index contributed by atoms with van der Waals surface area (Å²) in [5.41, 5.74) is 0. The SMILES string of the molecule is CC(C)Cn1nccc1NC(=O)C=Cc1cccs1. The van der Waals surface area contributed by atoms with E-state index < -0.39 is 0 Å². The molecule has 1 amide bonds. The van der Waals surface area contributed by atoms with E-state index in [0.29, 0.717) is 5.92 Å². The summed E-state index contributed by atoms with van der Waals surface area (Å²) in [6.07, 6.45) is 5.04. The number of nitrogens with zero attached hydrogens (tertiary/aromatic N) is 2. The molecule has 1 N–H and O–H groups in total. The van der Waals surface area contributed by atoms with E-state index in [1.165, 1.54) is 0 Å². The van der Waals surface area contributed by atoms with Crippen molar-refractivity contribution >= 4 is 29.1 Å². The molecular formula is C14H17N3OS. The maximum Gasteiger partial charge on any atom is 0.249 e. The molecule has 0 fully saturated rings. The summed E-state index contributed by atoms with van der Waals surface area (Å²) in [6, 6.07) is 5.73. The first-order valence-corrected chi connectivity index (χ1v) is 7.07. The van der Waals surface area contributed by atoms with Crippen molar-refractivity contribution in [2.75, 3.05) is 5.32 Å². The second-order valence-corrected chi connectivity index (χ2v) is 5.61. The average Bonchev–Trinajstić information content (AvgIpc) is 2.98. The molecule has 0 aliphatic carbocycles. The van der Waals surface area contributed by atoms with E-state index in [1.54, 1.807) is 29.7 Å². The molecule has 0 unspecified atom stereocenters. The van der Waals surface area contributed by atoms with Crippen LogP contribution in [0.4, 0.5) is 5.82 Å². The third-order valence-electron chi connectivity index (χ3n) is 2.45. The van der Waals surface area contributed by atoms with Gasteiger partial charge in [-0.15, -0.1) is 11.3 Å². The minimum Gasteiger partial charge on any atom is -0.307 e. The zero-order valence-corrected chi connectivity index (χ0v) is 11.9. The van der Waals surface area contributed by atoms with Gasteiger partial charge < -0.3 is 5.32 Å². The normalized spacial score (nSPS) is 11.3. The number of rotatable bonds is 5. The van der Waals surface area contributed by atoms with Gasteiger partial charge in [0.1, 0.15) is 5.82 Å². The number of carbonyl (C=O) groups excluding carboxylic acids is 1. The summed E-state index contributed by atoms with van der Waals surface area (Å²) in [5.74, 6) is 1.07. The van der Waals surface area contributed by atoms with E-state index in [9.17, 15) is 4.79 Å². The number of nitrogens with one attached hydrogen (secondary N) is 1. The van der Waals surface area contributed by atoms with Crippen molar-refractivity contribution in [1.29, 1.82) is 0 Å². The molecule has 2 aromatic heterocycles. The third-order valence-corrected chi connectivity index (χ3v) is 3.29. The van der Waals surface area contributed by atoms with Crippen molar-refractivity contribution in [3.63, 3.8) is 0 Å². The van der Waals surface area contributed by atoms with Gasteiger partial charge in [0.25, 0.3) is 0 Å². The average molecular weight is 275 g/mol. The first kappa shape index (κ1) is 13.5. The topological polar surface area (TPSA) is 46.9 Å². The van der Waals surface area contributed by atoms with Crippen molar-refractivity contribution in [3.05, 3.63) is 40.7 Å². The maximum atomic E-state index is 11.8. The lowest BCUT2D eigenvalue weighted by atomic mass is 10.2. The van der Waals surface area contributed by atoms with Gasteiger partial charge in [0, 0.05) is 23.6 Å². The Bertz CT molecular complexity index is 555. The summed E-state index contributed by atoms with van der Waals surface area (Å²) in [5, 5.41) is 9.02. The molecule has 4 nitrogen and oxygen atoms in total. The van der Waals surface area contributed by atoms with Crippen LogP contribution in [0.5, 0.6) is 0 Å². The van der Waals surface area contributed by atoms with Gasteiger partial charge >= 0.3 is 0 Å². The molecule has 0 atom stereocenters. The standard InChI is InChI=1S/C14H17N3OS/c1-11(2)10-17-13(7-8-15-17)16-14(18)6-5-12-4-3-9-19-12/h3-9,11H,10H2,1-2H3,(H,16,18). The molecule has 2 rings (SSSR count). The zero-order chi connectivity index (χ0) is 13.7. The molecule has 0 radical (unpaired) electrons. The molecule has 0 spiro atoms. The van der Waals surface area contributed by atoms with Gasteiger partial charge in [-0.05, 0) is 23.4 Å². The molecule has 2 aromatic rings. The Balaban J connectivity index is 1.97. The molecule has 0 saturated heterocycles. The van der Waals surface area contributed by atoms with Crippen LogP contribution in [-0.2, 0) is 11.3 Å². The molecule has 0 saturated carbocycles. The minimum atomic E-state index is -0.140. The van der Waals surface area contributed by atoms with Crippen molar-refractivity contribution in [1.82, 2.24) is 9.78 Å². The smallest absolute Gasteiger partial charge is 0.249 e. The number of anilines is 1. The second-order valence-electron chi connectivity index (χ2n) is 4.63. The summed E-state index contributed by atoms with van der Waals surface area (Å²) >= 11 is 1.60. The summed E-state index contributed by atoms with van der Waals surface area (Å²) in [4.78, 5) is 12.9. The van der Waals surface area contributed by atoms with E-state index in [1.807, 2.05) is 28.3 Å². The molecule has 5 heteroatoms. The van der Waals surface area contributed by atoms with Gasteiger partial charge in [-0.25, -0.2) is 4.68 Å². The van der Waals surface area contributed by atoms with Crippen LogP contribution in [0.25, 0.3) is 6.08 Å². The third kappa shape index (κ3) is 4.06. The second kappa shape index (κ2) is 6.33. The van der Waals surface area contributed by atoms with Gasteiger partial charge in [0.15, 0.2) is 0 Å². The highest BCUT2D eigenvalue weighted by Gasteiger charge is 2.06. The van der Waals surface area contributed by atoms with Crippen molar-refractivity contribution in [2.45, 2.75) is 20.4 Å². The Hall–Kier alpha value is -1.88. The number of carbonyl (C=O) groups is 1. The maximum absolute atomic E-state index is 11.8. The van der Waals surface area contributed by atoms with E-state index in [0.717, 1.165) is 17.2 Å². The predicted octanol–water partition coefficient (Wildman–Crippen LogP) is 3.25. The monoisotopic (exact) mass is 275 g/mol. The van der Waals surface area contributed by atoms with E-state index >= 15 is 0 Å². The predicted molar refractivity (Wildman–Crippen MR) is 79.0 cm³/mol. The molecule has 100 valence electrons. The van der Waals surface area contributed by atoms with E-state index in [-0.39, 0.29) is 5.91 Å². The number of thiophene rings is 1. The van der Waals surface area contributed by atoms with Crippen LogP contribution in [-0.4, -0.2) is 15.7 Å². The fourth-order valence-electron chi connectivity index (χ4n) is 1.64. The lowest BCUT2D eigenvalue weighted by Gasteiger charge is -2.09. The number of aromatic nitrogens is 2. The van der Waals surface area contributed by atoms with Crippen molar-refractivity contribution in [3.8, 4) is 0 Å². The van der Waals surface area contributed by atoms with Gasteiger partial charge in [0.2, 0.25) is 5.91 Å².